The molecule has 1 unspecified atom stereocenters. The predicted molar refractivity (Wildman–Crippen MR) is 68.7 cm³/mol. The number of hydrogen-bond acceptors (Lipinski definition) is 4. The van der Waals surface area contributed by atoms with Crippen LogP contribution in [-0.4, -0.2) is 35.5 Å². The number of amides is 2. The quantitative estimate of drug-likeness (QED) is 0.586. The van der Waals surface area contributed by atoms with Gasteiger partial charge in [0.2, 0.25) is 5.91 Å². The first-order chi connectivity index (χ1) is 8.93. The van der Waals surface area contributed by atoms with Crippen LogP contribution in [0.15, 0.2) is 24.3 Å². The Morgan fingerprint density at radius 1 is 1.26 bits per heavy atom. The van der Waals surface area contributed by atoms with Gasteiger partial charge in [-0.05, 0) is 31.2 Å². The molecule has 0 aliphatic carbocycles. The molecule has 5 N–H and O–H groups in total. The third-order valence-corrected chi connectivity index (χ3v) is 2.33. The van der Waals surface area contributed by atoms with Gasteiger partial charge in [0.25, 0.3) is 5.91 Å². The molecule has 0 aromatic heterocycles. The zero-order valence-corrected chi connectivity index (χ0v) is 10.3. The van der Waals surface area contributed by atoms with E-state index in [2.05, 4.69) is 10.6 Å². The zero-order valence-electron chi connectivity index (χ0n) is 10.3. The van der Waals surface area contributed by atoms with Crippen LogP contribution in [0.4, 0.5) is 5.69 Å². The molecule has 1 atom stereocenters. The molecular formula is C12H15N3O4. The number of hydrogen-bond donors (Lipinski definition) is 4. The van der Waals surface area contributed by atoms with Crippen molar-refractivity contribution in [3.05, 3.63) is 29.8 Å². The summed E-state index contributed by atoms with van der Waals surface area (Å²) in [5.41, 5.74) is 5.97. The minimum absolute atomic E-state index is 0.127. The lowest BCUT2D eigenvalue weighted by atomic mass is 10.2. The number of nitrogens with two attached hydrogens (primary N) is 1. The van der Waals surface area contributed by atoms with Crippen molar-refractivity contribution < 1.29 is 19.5 Å². The Bertz CT molecular complexity index is 484. The fraction of sp³-hybridized carbons (Fsp3) is 0.250. The molecule has 1 aromatic carbocycles. The molecule has 0 spiro atoms. The fourth-order valence-corrected chi connectivity index (χ4v) is 1.26. The van der Waals surface area contributed by atoms with E-state index in [0.29, 0.717) is 11.3 Å². The lowest BCUT2D eigenvalue weighted by molar-refractivity contribution is -0.138. The highest BCUT2D eigenvalue weighted by Crippen LogP contribution is 2.09. The molecule has 0 fully saturated rings. The summed E-state index contributed by atoms with van der Waals surface area (Å²) in [6, 6.07) is 5.07. The maximum atomic E-state index is 11.7. The van der Waals surface area contributed by atoms with E-state index in [-0.39, 0.29) is 12.5 Å². The van der Waals surface area contributed by atoms with Crippen molar-refractivity contribution in [1.82, 2.24) is 5.32 Å². The highest BCUT2D eigenvalue weighted by molar-refractivity contribution is 5.97. The van der Waals surface area contributed by atoms with E-state index in [4.69, 9.17) is 10.8 Å². The Labute approximate surface area is 109 Å². The van der Waals surface area contributed by atoms with Gasteiger partial charge in [0.15, 0.2) is 0 Å². The average Bonchev–Trinajstić information content (AvgIpc) is 2.39. The zero-order chi connectivity index (χ0) is 14.4. The first-order valence-corrected chi connectivity index (χ1v) is 5.57. The number of rotatable bonds is 5. The van der Waals surface area contributed by atoms with Crippen LogP contribution >= 0.6 is 0 Å². The highest BCUT2D eigenvalue weighted by atomic mass is 16.4. The summed E-state index contributed by atoms with van der Waals surface area (Å²) >= 11 is 0. The number of carbonyl (C=O) groups is 3. The van der Waals surface area contributed by atoms with Crippen molar-refractivity contribution >= 4 is 23.5 Å². The summed E-state index contributed by atoms with van der Waals surface area (Å²) in [5.74, 6) is -1.94. The van der Waals surface area contributed by atoms with E-state index in [1.807, 2.05) is 0 Å². The van der Waals surface area contributed by atoms with Gasteiger partial charge < -0.3 is 21.5 Å². The minimum Gasteiger partial charge on any atom is -0.480 e. The van der Waals surface area contributed by atoms with Crippen LogP contribution in [0.5, 0.6) is 0 Å². The van der Waals surface area contributed by atoms with Crippen LogP contribution in [0.2, 0.25) is 0 Å². The second kappa shape index (κ2) is 6.50. The number of benzene rings is 1. The van der Waals surface area contributed by atoms with Gasteiger partial charge in [-0.3, -0.25) is 14.4 Å². The lowest BCUT2D eigenvalue weighted by Gasteiger charge is -2.09. The number of carboxylic acids is 1. The first-order valence-electron chi connectivity index (χ1n) is 5.57. The molecule has 0 radical (unpaired) electrons. The number of anilines is 1. The highest BCUT2D eigenvalue weighted by Gasteiger charge is 2.15. The van der Waals surface area contributed by atoms with Crippen molar-refractivity contribution in [2.75, 3.05) is 11.9 Å². The maximum Gasteiger partial charge on any atom is 0.325 e. The van der Waals surface area contributed by atoms with E-state index < -0.39 is 17.9 Å². The molecule has 1 rings (SSSR count). The summed E-state index contributed by atoms with van der Waals surface area (Å²) < 4.78 is 0. The molecule has 19 heavy (non-hydrogen) atoms. The van der Waals surface area contributed by atoms with Crippen molar-refractivity contribution in [3.63, 3.8) is 0 Å². The van der Waals surface area contributed by atoms with Crippen LogP contribution in [0.1, 0.15) is 17.3 Å². The second-order valence-electron chi connectivity index (χ2n) is 3.86. The van der Waals surface area contributed by atoms with Crippen LogP contribution < -0.4 is 16.4 Å². The Balaban J connectivity index is 2.68. The monoisotopic (exact) mass is 265 g/mol. The van der Waals surface area contributed by atoms with E-state index >= 15 is 0 Å². The predicted octanol–water partition coefficient (Wildman–Crippen LogP) is -0.213. The summed E-state index contributed by atoms with van der Waals surface area (Å²) in [6.07, 6.45) is 0. The van der Waals surface area contributed by atoms with E-state index in [1.165, 1.54) is 31.2 Å². The Kier molecular flexibility index (Phi) is 5.01. The normalized spacial score (nSPS) is 11.5. The smallest absolute Gasteiger partial charge is 0.325 e. The van der Waals surface area contributed by atoms with Crippen LogP contribution in [-0.2, 0) is 9.59 Å². The van der Waals surface area contributed by atoms with E-state index in [0.717, 1.165) is 0 Å². The largest absolute Gasteiger partial charge is 0.480 e. The van der Waals surface area contributed by atoms with Gasteiger partial charge in [0.05, 0.1) is 6.54 Å². The van der Waals surface area contributed by atoms with Crippen LogP contribution in [0.3, 0.4) is 0 Å². The van der Waals surface area contributed by atoms with Gasteiger partial charge in [-0.15, -0.1) is 0 Å². The van der Waals surface area contributed by atoms with Crippen molar-refractivity contribution in [2.24, 2.45) is 5.73 Å². The molecule has 0 heterocycles. The first kappa shape index (κ1) is 14.7. The van der Waals surface area contributed by atoms with E-state index in [9.17, 15) is 14.4 Å². The summed E-state index contributed by atoms with van der Waals surface area (Å²) in [5, 5.41) is 13.5. The van der Waals surface area contributed by atoms with Gasteiger partial charge in [-0.2, -0.15) is 0 Å². The average molecular weight is 265 g/mol. The Hall–Kier alpha value is -2.41. The molecule has 0 aliphatic heterocycles. The minimum atomic E-state index is -1.11. The molecule has 7 nitrogen and oxygen atoms in total. The molecule has 0 saturated heterocycles. The number of aliphatic carboxylic acids is 1. The molecule has 0 aliphatic rings. The van der Waals surface area contributed by atoms with Gasteiger partial charge in [0.1, 0.15) is 6.04 Å². The maximum absolute atomic E-state index is 11.7. The van der Waals surface area contributed by atoms with E-state index in [1.54, 1.807) is 0 Å². The third-order valence-electron chi connectivity index (χ3n) is 2.33. The van der Waals surface area contributed by atoms with Crippen molar-refractivity contribution in [3.8, 4) is 0 Å². The van der Waals surface area contributed by atoms with Gasteiger partial charge in [-0.1, -0.05) is 0 Å². The van der Waals surface area contributed by atoms with Crippen LogP contribution in [0, 0.1) is 0 Å². The third kappa shape index (κ3) is 4.40. The standard InChI is InChI=1S/C12H15N3O4/c1-7(12(18)19)14-11(17)8-2-4-9(5-3-8)15-10(16)6-13/h2-5,7H,6,13H2,1H3,(H,14,17)(H,15,16)(H,18,19). The SMILES string of the molecule is CC(NC(=O)c1ccc(NC(=O)CN)cc1)C(=O)O. The van der Waals surface area contributed by atoms with Gasteiger partial charge >= 0.3 is 5.97 Å². The molecule has 0 bridgehead atoms. The molecular weight excluding hydrogens is 250 g/mol. The summed E-state index contributed by atoms with van der Waals surface area (Å²) in [6.45, 7) is 1.24. The fourth-order valence-electron chi connectivity index (χ4n) is 1.26. The van der Waals surface area contributed by atoms with Crippen LogP contribution in [0.25, 0.3) is 0 Å². The van der Waals surface area contributed by atoms with Gasteiger partial charge in [0, 0.05) is 11.3 Å². The van der Waals surface area contributed by atoms with Crippen molar-refractivity contribution in [2.45, 2.75) is 13.0 Å². The molecule has 0 saturated carbocycles. The second-order valence-corrected chi connectivity index (χ2v) is 3.86. The number of carboxylic acid groups (broad SMARTS) is 1. The lowest BCUT2D eigenvalue weighted by Crippen LogP contribution is -2.38. The van der Waals surface area contributed by atoms with Gasteiger partial charge in [-0.25, -0.2) is 0 Å². The Morgan fingerprint density at radius 2 is 1.84 bits per heavy atom. The summed E-state index contributed by atoms with van der Waals surface area (Å²) in [4.78, 5) is 33.3. The Morgan fingerprint density at radius 3 is 2.32 bits per heavy atom. The molecule has 7 heteroatoms. The summed E-state index contributed by atoms with van der Waals surface area (Å²) in [7, 11) is 0. The topological polar surface area (TPSA) is 122 Å². The molecule has 102 valence electrons. The molecule has 1 aromatic rings. The van der Waals surface area contributed by atoms with Crippen molar-refractivity contribution in [1.29, 1.82) is 0 Å². The number of nitrogens with one attached hydrogen (secondary N) is 2. The number of carbonyl (C=O) groups excluding carboxylic acids is 2. The molecule has 2 amide bonds.